The number of methoxy groups -OCH3 is 1. The molecule has 4 aliphatic rings. The quantitative estimate of drug-likeness (QED) is 0.159. The number of alkyl halides is 3. The zero-order valence-corrected chi connectivity index (χ0v) is 27.7. The number of carbonyl (C=O) groups is 3. The molecule has 2 aliphatic heterocycles. The second kappa shape index (κ2) is 11.9. The fourth-order valence-corrected chi connectivity index (χ4v) is 11.3. The minimum Gasteiger partial charge on any atom is -0.508 e. The first kappa shape index (κ1) is 32.4. The minimum atomic E-state index is -4.76. The van der Waals surface area contributed by atoms with Crippen molar-refractivity contribution in [2.75, 3.05) is 23.9 Å². The lowest BCUT2D eigenvalue weighted by molar-refractivity contribution is -0.137. The van der Waals surface area contributed by atoms with E-state index in [0.717, 1.165) is 32.7 Å². The van der Waals surface area contributed by atoms with E-state index in [1.54, 1.807) is 24.3 Å². The molecule has 2 bridgehead atoms. The summed E-state index contributed by atoms with van der Waals surface area (Å²) in [4.78, 5) is 57.4. The lowest BCUT2D eigenvalue weighted by Gasteiger charge is -2.43. The number of aromatic amines is 1. The number of aromatic hydroxyl groups is 1. The van der Waals surface area contributed by atoms with Crippen LogP contribution in [-0.4, -0.2) is 46.8 Å². The monoisotopic (exact) mass is 723 g/mol. The van der Waals surface area contributed by atoms with E-state index in [1.807, 2.05) is 6.07 Å². The number of hydrogen-bond acceptors (Lipinski definition) is 9. The molecule has 3 fully saturated rings. The number of amides is 3. The molecule has 50 heavy (non-hydrogen) atoms. The van der Waals surface area contributed by atoms with E-state index in [2.05, 4.69) is 10.3 Å². The molecule has 8 rings (SSSR count). The maximum Gasteiger partial charge on any atom is 0.418 e. The standard InChI is InChI=1S/C35H28F3N3O7S2/c1-47-23-12-15(6-11-22(23)48-14-24(43)39-16-7-9-17(42)10-8-16)25-26-18-13-19(29(26)49-31-30(25)50-34(46)40-31)28-27(18)32(44)41(33(28)45)21-5-3-2-4-20(21)35(36,37)38/h2-12,18-19,25-29,42H,13-14H2,1H3,(H,39,43)(H,40,46)/t18-,19-,25-,26?,27?,28?,29?/m1/s1. The van der Waals surface area contributed by atoms with Gasteiger partial charge in [0.25, 0.3) is 5.91 Å². The van der Waals surface area contributed by atoms with E-state index in [0.29, 0.717) is 28.6 Å². The van der Waals surface area contributed by atoms with Crippen molar-refractivity contribution >= 4 is 52.2 Å². The number of H-pyrrole nitrogens is 1. The lowest BCUT2D eigenvalue weighted by Crippen LogP contribution is -2.42. The van der Waals surface area contributed by atoms with Crippen LogP contribution in [-0.2, 0) is 20.6 Å². The van der Waals surface area contributed by atoms with Crippen LogP contribution in [0.15, 0.2) is 76.6 Å². The number of imide groups is 1. The molecule has 2 saturated carbocycles. The summed E-state index contributed by atoms with van der Waals surface area (Å²) in [6.07, 6.45) is -4.19. The fourth-order valence-electron chi connectivity index (χ4n) is 8.42. The molecule has 3 heterocycles. The Morgan fingerprint density at radius 3 is 2.44 bits per heavy atom. The number of carbonyl (C=O) groups excluding carboxylic acids is 3. The Morgan fingerprint density at radius 2 is 1.72 bits per heavy atom. The number of fused-ring (bicyclic) bond motifs is 9. The van der Waals surface area contributed by atoms with Crippen molar-refractivity contribution < 1.29 is 42.1 Å². The molecule has 0 spiro atoms. The molecule has 1 saturated heterocycles. The summed E-state index contributed by atoms with van der Waals surface area (Å²) >= 11 is 2.54. The summed E-state index contributed by atoms with van der Waals surface area (Å²) < 4.78 is 53.4. The second-order valence-electron chi connectivity index (χ2n) is 12.8. The van der Waals surface area contributed by atoms with Crippen molar-refractivity contribution in [1.29, 1.82) is 0 Å². The molecule has 1 aromatic heterocycles. The Labute approximate surface area is 290 Å². The number of ether oxygens (including phenoxy) is 2. The zero-order chi connectivity index (χ0) is 35.1. The minimum absolute atomic E-state index is 0.0632. The highest BCUT2D eigenvalue weighted by Crippen LogP contribution is 2.69. The summed E-state index contributed by atoms with van der Waals surface area (Å²) in [5.74, 6) is -3.69. The molecule has 3 aromatic carbocycles. The number of halogens is 3. The normalized spacial score (nSPS) is 26.4. The molecule has 4 unspecified atom stereocenters. The van der Waals surface area contributed by atoms with Gasteiger partial charge in [-0.2, -0.15) is 13.2 Å². The Balaban J connectivity index is 1.10. The summed E-state index contributed by atoms with van der Waals surface area (Å²) in [5, 5.41) is 12.7. The highest BCUT2D eigenvalue weighted by Gasteiger charge is 2.70. The first-order chi connectivity index (χ1) is 23.9. The van der Waals surface area contributed by atoms with Gasteiger partial charge in [0, 0.05) is 21.7 Å². The van der Waals surface area contributed by atoms with E-state index in [4.69, 9.17) is 9.47 Å². The third-order valence-electron chi connectivity index (χ3n) is 10.2. The van der Waals surface area contributed by atoms with Gasteiger partial charge in [0.1, 0.15) is 5.75 Å². The predicted molar refractivity (Wildman–Crippen MR) is 178 cm³/mol. The Bertz CT molecular complexity index is 2100. The molecule has 15 heteroatoms. The molecule has 2 aliphatic carbocycles. The third kappa shape index (κ3) is 5.16. The van der Waals surface area contributed by atoms with Crippen molar-refractivity contribution in [1.82, 2.24) is 4.98 Å². The van der Waals surface area contributed by atoms with Crippen LogP contribution in [0.5, 0.6) is 17.2 Å². The lowest BCUT2D eigenvalue weighted by atomic mass is 9.68. The summed E-state index contributed by atoms with van der Waals surface area (Å²) in [6.45, 7) is -0.331. The van der Waals surface area contributed by atoms with Crippen LogP contribution in [0.2, 0.25) is 0 Å². The summed E-state index contributed by atoms with van der Waals surface area (Å²) in [6, 6.07) is 15.9. The molecular weight excluding hydrogens is 696 g/mol. The molecule has 258 valence electrons. The van der Waals surface area contributed by atoms with Crippen molar-refractivity contribution in [3.05, 3.63) is 92.4 Å². The number of hydrogen-bond donors (Lipinski definition) is 3. The molecule has 3 N–H and O–H groups in total. The number of thioether (sulfide) groups is 1. The van der Waals surface area contributed by atoms with Gasteiger partial charge in [0.05, 0.1) is 35.2 Å². The van der Waals surface area contributed by atoms with Crippen molar-refractivity contribution in [2.24, 2.45) is 29.6 Å². The van der Waals surface area contributed by atoms with Gasteiger partial charge in [-0.3, -0.25) is 19.2 Å². The summed E-state index contributed by atoms with van der Waals surface area (Å²) in [7, 11) is 1.46. The number of rotatable bonds is 7. The average Bonchev–Trinajstić information content (AvgIpc) is 3.83. The first-order valence-electron chi connectivity index (χ1n) is 15.8. The van der Waals surface area contributed by atoms with Gasteiger partial charge in [-0.05, 0) is 78.3 Å². The van der Waals surface area contributed by atoms with Crippen molar-refractivity contribution in [3.63, 3.8) is 0 Å². The van der Waals surface area contributed by atoms with Gasteiger partial charge < -0.3 is 24.9 Å². The van der Waals surface area contributed by atoms with Gasteiger partial charge in [-0.15, -0.1) is 11.8 Å². The number of para-hydroxylation sites is 1. The maximum absolute atomic E-state index is 14.0. The van der Waals surface area contributed by atoms with Crippen LogP contribution in [0, 0.1) is 29.6 Å². The highest BCUT2D eigenvalue weighted by molar-refractivity contribution is 8.00. The smallest absolute Gasteiger partial charge is 0.418 e. The topological polar surface area (TPSA) is 138 Å². The molecule has 7 atom stereocenters. The van der Waals surface area contributed by atoms with E-state index in [9.17, 15) is 37.5 Å². The Morgan fingerprint density at radius 1 is 1.00 bits per heavy atom. The van der Waals surface area contributed by atoms with Crippen LogP contribution in [0.4, 0.5) is 24.5 Å². The number of nitrogens with zero attached hydrogens (tertiary/aromatic N) is 1. The third-order valence-corrected chi connectivity index (χ3v) is 12.8. The largest absolute Gasteiger partial charge is 0.508 e. The first-order valence-corrected chi connectivity index (χ1v) is 17.5. The van der Waals surface area contributed by atoms with Gasteiger partial charge in [0.2, 0.25) is 11.8 Å². The van der Waals surface area contributed by atoms with Gasteiger partial charge in [-0.25, -0.2) is 4.90 Å². The fraction of sp³-hybridized carbons (Fsp3) is 0.314. The number of benzene rings is 3. The molecule has 10 nitrogen and oxygen atoms in total. The number of phenolic OH excluding ortho intramolecular Hbond substituents is 1. The Kier molecular flexibility index (Phi) is 7.75. The van der Waals surface area contributed by atoms with E-state index in [1.165, 1.54) is 49.2 Å². The van der Waals surface area contributed by atoms with E-state index in [-0.39, 0.29) is 46.2 Å². The Hall–Kier alpha value is -4.76. The number of anilines is 2. The van der Waals surface area contributed by atoms with E-state index < -0.39 is 47.0 Å². The average molecular weight is 724 g/mol. The second-order valence-corrected chi connectivity index (χ2v) is 15.0. The van der Waals surface area contributed by atoms with Crippen LogP contribution in [0.1, 0.15) is 28.3 Å². The molecule has 3 amide bonds. The van der Waals surface area contributed by atoms with Crippen LogP contribution >= 0.6 is 23.1 Å². The number of phenols is 1. The van der Waals surface area contributed by atoms with Crippen molar-refractivity contribution in [3.8, 4) is 17.2 Å². The van der Waals surface area contributed by atoms with Gasteiger partial charge >= 0.3 is 11.0 Å². The highest BCUT2D eigenvalue weighted by atomic mass is 32.2. The van der Waals surface area contributed by atoms with Crippen LogP contribution < -0.4 is 24.6 Å². The predicted octanol–water partition coefficient (Wildman–Crippen LogP) is 5.86. The number of aromatic nitrogens is 1. The van der Waals surface area contributed by atoms with Gasteiger partial charge in [0.15, 0.2) is 18.1 Å². The van der Waals surface area contributed by atoms with Gasteiger partial charge in [-0.1, -0.05) is 29.5 Å². The summed E-state index contributed by atoms with van der Waals surface area (Å²) in [5.41, 5.74) is -0.232. The van der Waals surface area contributed by atoms with Crippen LogP contribution in [0.3, 0.4) is 0 Å². The maximum atomic E-state index is 14.0. The number of thiazole rings is 1. The zero-order valence-electron chi connectivity index (χ0n) is 26.1. The van der Waals surface area contributed by atoms with Crippen LogP contribution in [0.25, 0.3) is 0 Å². The molecule has 0 radical (unpaired) electrons. The number of nitrogens with one attached hydrogen (secondary N) is 2. The van der Waals surface area contributed by atoms with Crippen molar-refractivity contribution in [2.45, 2.75) is 28.8 Å². The molecule has 4 aromatic rings. The SMILES string of the molecule is COc1cc([C@H]2c3sc(=O)[nH]c3SC3C2[C@H]2C[C@@H]3C3C(=O)N(c4ccccc4C(F)(F)F)C(=O)C32)ccc1OCC(=O)Nc1ccc(O)cc1. The molecular formula is C35H28F3N3O7S2. The van der Waals surface area contributed by atoms with E-state index >= 15 is 0 Å².